The second kappa shape index (κ2) is 9.16. The van der Waals surface area contributed by atoms with Gasteiger partial charge < -0.3 is 21.1 Å². The predicted octanol–water partition coefficient (Wildman–Crippen LogP) is 1.25. The van der Waals surface area contributed by atoms with Crippen LogP contribution in [0.25, 0.3) is 0 Å². The maximum absolute atomic E-state index is 13.3. The fraction of sp³-hybridized carbons (Fsp3) is 0.550. The molecule has 1 aromatic heterocycles. The zero-order valence-corrected chi connectivity index (χ0v) is 16.6. The lowest BCUT2D eigenvalue weighted by molar-refractivity contribution is -0.135. The highest BCUT2D eigenvalue weighted by Gasteiger charge is 2.29. The van der Waals surface area contributed by atoms with E-state index in [0.29, 0.717) is 25.2 Å². The Labute approximate surface area is 165 Å². The number of benzene rings is 1. The number of nitrogens with zero attached hydrogens (tertiary/aromatic N) is 4. The number of hydrogen-bond donors (Lipinski definition) is 3. The van der Waals surface area contributed by atoms with Gasteiger partial charge in [0.2, 0.25) is 5.91 Å². The molecule has 3 atom stereocenters. The lowest BCUT2D eigenvalue weighted by Crippen LogP contribution is -2.49. The van der Waals surface area contributed by atoms with Crippen LogP contribution in [0.15, 0.2) is 30.5 Å². The van der Waals surface area contributed by atoms with Crippen LogP contribution in [0.1, 0.15) is 43.6 Å². The standard InChI is InChI=1S/C20H30N6O2/c1-3-14(2)19(21)17-13-26(24-23-17)18(12-15-4-6-16(27)7-5-15)20(28)25-10-8-22-9-11-25/h4-7,13-14,18-19,22,27H,3,8-12,21H2,1-2H3/t14-,18?,19-/m0/s1. The number of piperazine rings is 1. The van der Waals surface area contributed by atoms with E-state index >= 15 is 0 Å². The molecule has 4 N–H and O–H groups in total. The Bertz CT molecular complexity index is 769. The number of phenolic OH excluding ortho intramolecular Hbond substituents is 1. The minimum Gasteiger partial charge on any atom is -0.508 e. The van der Waals surface area contributed by atoms with Gasteiger partial charge in [-0.25, -0.2) is 4.68 Å². The summed E-state index contributed by atoms with van der Waals surface area (Å²) in [5, 5.41) is 21.3. The van der Waals surface area contributed by atoms with Gasteiger partial charge in [-0.3, -0.25) is 4.79 Å². The molecule has 0 aliphatic carbocycles. The quantitative estimate of drug-likeness (QED) is 0.661. The first-order valence-electron chi connectivity index (χ1n) is 9.94. The van der Waals surface area contributed by atoms with E-state index in [0.717, 1.165) is 25.1 Å². The normalized spacial score (nSPS) is 17.9. The van der Waals surface area contributed by atoms with Crippen LogP contribution in [0.5, 0.6) is 5.75 Å². The molecule has 1 aliphatic heterocycles. The molecule has 2 aromatic rings. The molecule has 2 heterocycles. The maximum atomic E-state index is 13.3. The van der Waals surface area contributed by atoms with Gasteiger partial charge in [0.25, 0.3) is 0 Å². The molecule has 28 heavy (non-hydrogen) atoms. The molecule has 8 heteroatoms. The molecule has 0 spiro atoms. The van der Waals surface area contributed by atoms with Crippen molar-refractivity contribution >= 4 is 5.91 Å². The highest BCUT2D eigenvalue weighted by molar-refractivity contribution is 5.80. The number of hydrogen-bond acceptors (Lipinski definition) is 6. The molecule has 1 amide bonds. The fourth-order valence-corrected chi connectivity index (χ4v) is 3.39. The van der Waals surface area contributed by atoms with E-state index < -0.39 is 6.04 Å². The summed E-state index contributed by atoms with van der Waals surface area (Å²) in [6.45, 7) is 7.12. The molecule has 1 fully saturated rings. The number of phenols is 1. The highest BCUT2D eigenvalue weighted by atomic mass is 16.3. The minimum absolute atomic E-state index is 0.0307. The molecule has 1 aliphatic rings. The van der Waals surface area contributed by atoms with E-state index in [2.05, 4.69) is 29.5 Å². The van der Waals surface area contributed by atoms with Crippen molar-refractivity contribution in [3.8, 4) is 5.75 Å². The van der Waals surface area contributed by atoms with Crippen LogP contribution in [0.2, 0.25) is 0 Å². The van der Waals surface area contributed by atoms with Crippen LogP contribution in [0.3, 0.4) is 0 Å². The fourth-order valence-electron chi connectivity index (χ4n) is 3.39. The van der Waals surface area contributed by atoms with Gasteiger partial charge in [0.05, 0.1) is 17.9 Å². The van der Waals surface area contributed by atoms with Crippen molar-refractivity contribution in [1.29, 1.82) is 0 Å². The van der Waals surface area contributed by atoms with Crippen LogP contribution in [-0.4, -0.2) is 57.1 Å². The van der Waals surface area contributed by atoms with Crippen LogP contribution in [-0.2, 0) is 11.2 Å². The molecule has 1 aromatic carbocycles. The summed E-state index contributed by atoms with van der Waals surface area (Å²) in [5.41, 5.74) is 7.96. The third kappa shape index (κ3) is 4.69. The van der Waals surface area contributed by atoms with Gasteiger partial charge in [-0.15, -0.1) is 5.10 Å². The summed E-state index contributed by atoms with van der Waals surface area (Å²) in [5.74, 6) is 0.518. The Balaban J connectivity index is 1.86. The summed E-state index contributed by atoms with van der Waals surface area (Å²) >= 11 is 0. The van der Waals surface area contributed by atoms with Gasteiger partial charge >= 0.3 is 0 Å². The largest absolute Gasteiger partial charge is 0.508 e. The average Bonchev–Trinajstić information content (AvgIpc) is 3.22. The van der Waals surface area contributed by atoms with Crippen molar-refractivity contribution in [3.63, 3.8) is 0 Å². The Kier molecular flexibility index (Phi) is 6.64. The number of carbonyl (C=O) groups excluding carboxylic acids is 1. The number of aromatic hydroxyl groups is 1. The topological polar surface area (TPSA) is 109 Å². The summed E-state index contributed by atoms with van der Waals surface area (Å²) in [6, 6.07) is 6.22. The monoisotopic (exact) mass is 386 g/mol. The first-order valence-corrected chi connectivity index (χ1v) is 9.94. The van der Waals surface area contributed by atoms with Gasteiger partial charge in [0, 0.05) is 32.6 Å². The van der Waals surface area contributed by atoms with E-state index in [-0.39, 0.29) is 23.6 Å². The summed E-state index contributed by atoms with van der Waals surface area (Å²) < 4.78 is 1.65. The number of aromatic nitrogens is 3. The lowest BCUT2D eigenvalue weighted by atomic mass is 9.98. The number of rotatable bonds is 7. The number of nitrogens with one attached hydrogen (secondary N) is 1. The third-order valence-corrected chi connectivity index (χ3v) is 5.52. The molecule has 0 saturated carbocycles. The summed E-state index contributed by atoms with van der Waals surface area (Å²) in [4.78, 5) is 15.1. The number of nitrogens with two attached hydrogens (primary N) is 1. The van der Waals surface area contributed by atoms with Gasteiger partial charge in [-0.2, -0.15) is 0 Å². The number of amides is 1. The van der Waals surface area contributed by atoms with Gasteiger partial charge in [0.1, 0.15) is 11.8 Å². The molecule has 1 unspecified atom stereocenters. The zero-order valence-electron chi connectivity index (χ0n) is 16.6. The Hall–Kier alpha value is -2.45. The van der Waals surface area contributed by atoms with E-state index in [4.69, 9.17) is 5.73 Å². The average molecular weight is 387 g/mol. The molecular weight excluding hydrogens is 356 g/mol. The van der Waals surface area contributed by atoms with E-state index in [1.165, 1.54) is 0 Å². The van der Waals surface area contributed by atoms with E-state index in [1.807, 2.05) is 23.2 Å². The van der Waals surface area contributed by atoms with Crippen LogP contribution >= 0.6 is 0 Å². The predicted molar refractivity (Wildman–Crippen MR) is 107 cm³/mol. The van der Waals surface area contributed by atoms with Crippen molar-refractivity contribution < 1.29 is 9.90 Å². The van der Waals surface area contributed by atoms with Gasteiger partial charge in [-0.1, -0.05) is 37.6 Å². The molecule has 0 radical (unpaired) electrons. The SMILES string of the molecule is CC[C@H](C)[C@H](N)c1cn(C(Cc2ccc(O)cc2)C(=O)N2CCNCC2)nn1. The molecule has 152 valence electrons. The van der Waals surface area contributed by atoms with E-state index in [1.54, 1.807) is 16.8 Å². The van der Waals surface area contributed by atoms with Crippen LogP contribution in [0, 0.1) is 5.92 Å². The van der Waals surface area contributed by atoms with Crippen molar-refractivity contribution in [2.45, 2.75) is 38.8 Å². The van der Waals surface area contributed by atoms with Crippen LogP contribution in [0.4, 0.5) is 0 Å². The van der Waals surface area contributed by atoms with Crippen molar-refractivity contribution in [2.24, 2.45) is 11.7 Å². The smallest absolute Gasteiger partial charge is 0.247 e. The second-order valence-electron chi connectivity index (χ2n) is 7.50. The molecular formula is C20H30N6O2. The number of carbonyl (C=O) groups is 1. The highest BCUT2D eigenvalue weighted by Crippen LogP contribution is 2.23. The first-order chi connectivity index (χ1) is 13.5. The lowest BCUT2D eigenvalue weighted by Gasteiger charge is -2.31. The van der Waals surface area contributed by atoms with Crippen molar-refractivity contribution in [1.82, 2.24) is 25.2 Å². The molecule has 0 bridgehead atoms. The molecule has 8 nitrogen and oxygen atoms in total. The Morgan fingerprint density at radius 1 is 1.29 bits per heavy atom. The van der Waals surface area contributed by atoms with Crippen LogP contribution < -0.4 is 11.1 Å². The van der Waals surface area contributed by atoms with Gasteiger partial charge in [-0.05, 0) is 23.6 Å². The Morgan fingerprint density at radius 2 is 1.96 bits per heavy atom. The van der Waals surface area contributed by atoms with Crippen molar-refractivity contribution in [2.75, 3.05) is 26.2 Å². The summed E-state index contributed by atoms with van der Waals surface area (Å²) in [6.07, 6.45) is 3.23. The van der Waals surface area contributed by atoms with Gasteiger partial charge in [0.15, 0.2) is 0 Å². The van der Waals surface area contributed by atoms with E-state index in [9.17, 15) is 9.90 Å². The zero-order chi connectivity index (χ0) is 20.1. The maximum Gasteiger partial charge on any atom is 0.247 e. The minimum atomic E-state index is -0.493. The molecule has 3 rings (SSSR count). The molecule has 1 saturated heterocycles. The Morgan fingerprint density at radius 3 is 2.61 bits per heavy atom. The summed E-state index contributed by atoms with van der Waals surface area (Å²) in [7, 11) is 0. The second-order valence-corrected chi connectivity index (χ2v) is 7.50. The first kappa shape index (κ1) is 20.3. The van der Waals surface area contributed by atoms with Crippen molar-refractivity contribution in [3.05, 3.63) is 41.7 Å². The third-order valence-electron chi connectivity index (χ3n) is 5.52.